The summed E-state index contributed by atoms with van der Waals surface area (Å²) in [6.07, 6.45) is -2.84. The normalized spacial score (nSPS) is 10.2. The summed E-state index contributed by atoms with van der Waals surface area (Å²) in [4.78, 5) is 0. The van der Waals surface area contributed by atoms with E-state index in [9.17, 15) is 26.1 Å². The Hall–Kier alpha value is -0.163. The molecule has 0 aliphatic rings. The van der Waals surface area contributed by atoms with Crippen LogP contribution in [0, 0.1) is 0 Å². The largest absolute Gasteiger partial charge is 1.00 e. The van der Waals surface area contributed by atoms with Crippen molar-refractivity contribution in [3.05, 3.63) is 12.0 Å². The summed E-state index contributed by atoms with van der Waals surface area (Å²) >= 11 is 0. The fourth-order valence-corrected chi connectivity index (χ4v) is 1.07. The molecule has 0 radical (unpaired) electrons. The molecule has 0 spiro atoms. The summed E-state index contributed by atoms with van der Waals surface area (Å²) in [5, 5.41) is 0. The maximum absolute atomic E-state index is 12.2. The van der Waals surface area contributed by atoms with Gasteiger partial charge >= 0.3 is 24.9 Å². The zero-order chi connectivity index (χ0) is 9.94. The van der Waals surface area contributed by atoms with Crippen molar-refractivity contribution in [1.29, 1.82) is 0 Å². The maximum atomic E-state index is 12.2. The van der Waals surface area contributed by atoms with E-state index in [1.807, 2.05) is 0 Å². The van der Waals surface area contributed by atoms with Crippen LogP contribution in [0.15, 0.2) is 12.0 Å². The molecule has 0 aromatic rings. The molecule has 0 heterocycles. The Morgan fingerprint density at radius 2 is 1.77 bits per heavy atom. The van der Waals surface area contributed by atoms with E-state index in [1.54, 1.807) is 0 Å². The van der Waals surface area contributed by atoms with Crippen molar-refractivity contribution in [2.45, 2.75) is 6.92 Å². The van der Waals surface area contributed by atoms with E-state index >= 15 is 0 Å². The second-order valence-corrected chi connectivity index (χ2v) is 2.97. The monoisotopic (exact) mass is 211 g/mol. The summed E-state index contributed by atoms with van der Waals surface area (Å²) < 4.78 is 64.7. The molecule has 0 saturated heterocycles. The van der Waals surface area contributed by atoms with Crippen molar-refractivity contribution >= 4 is 10.3 Å². The van der Waals surface area contributed by atoms with Crippen molar-refractivity contribution in [3.63, 3.8) is 0 Å². The van der Waals surface area contributed by atoms with Gasteiger partial charge in [0.2, 0.25) is 0 Å². The van der Waals surface area contributed by atoms with Crippen LogP contribution in [0.25, 0.3) is 0 Å². The Balaban J connectivity index is 0. The van der Waals surface area contributed by atoms with E-state index in [0.717, 1.165) is 6.92 Å². The molecular formula is C4H5F3LiNO3S. The number of nitrogens with zero attached hydrogens (tertiary/aromatic N) is 1. The van der Waals surface area contributed by atoms with Gasteiger partial charge in [0.1, 0.15) is 0 Å². The average molecular weight is 211 g/mol. The fourth-order valence-electron chi connectivity index (χ4n) is 0.489. The summed E-state index contributed by atoms with van der Waals surface area (Å²) in [5.41, 5.74) is 0. The predicted octanol–water partition coefficient (Wildman–Crippen LogP) is -2.19. The summed E-state index contributed by atoms with van der Waals surface area (Å²) in [5.74, 6) is -2.33. The molecule has 0 atom stereocenters. The molecule has 0 rings (SSSR count). The molecule has 0 aromatic carbocycles. The third-order valence-corrected chi connectivity index (χ3v) is 1.89. The molecule has 0 saturated carbocycles. The standard InChI is InChI=1S/C4H6F3NO3S.Li/c1-2-8(12(9,10)11)4(7)3(5)6;/h2H2,1H3,(H,9,10,11);/q;+1/p-1. The zero-order valence-corrected chi connectivity index (χ0v) is 7.74. The second kappa shape index (κ2) is 5.54. The van der Waals surface area contributed by atoms with Crippen molar-refractivity contribution in [3.8, 4) is 0 Å². The van der Waals surface area contributed by atoms with Gasteiger partial charge in [0.15, 0.2) is 10.3 Å². The van der Waals surface area contributed by atoms with Crippen LogP contribution in [0.2, 0.25) is 0 Å². The minimum absolute atomic E-state index is 0. The van der Waals surface area contributed by atoms with Gasteiger partial charge in [-0.15, -0.1) is 0 Å². The van der Waals surface area contributed by atoms with Gasteiger partial charge in [-0.05, 0) is 6.92 Å². The Morgan fingerprint density at radius 1 is 1.38 bits per heavy atom. The SMILES string of the molecule is CCN(C(F)=C(F)F)S(=O)(=O)[O-].[Li+]. The van der Waals surface area contributed by atoms with E-state index in [2.05, 4.69) is 0 Å². The van der Waals surface area contributed by atoms with Crippen molar-refractivity contribution in [2.75, 3.05) is 6.54 Å². The molecule has 0 aliphatic carbocycles. The molecule has 0 unspecified atom stereocenters. The van der Waals surface area contributed by atoms with Crippen LogP contribution in [-0.2, 0) is 10.3 Å². The average Bonchev–Trinajstić information content (AvgIpc) is 1.85. The zero-order valence-electron chi connectivity index (χ0n) is 6.92. The van der Waals surface area contributed by atoms with Crippen LogP contribution >= 0.6 is 0 Å². The minimum atomic E-state index is -5.19. The van der Waals surface area contributed by atoms with Crippen LogP contribution < -0.4 is 18.9 Å². The van der Waals surface area contributed by atoms with Gasteiger partial charge < -0.3 is 4.55 Å². The van der Waals surface area contributed by atoms with Gasteiger partial charge in [-0.2, -0.15) is 13.2 Å². The Labute approximate surface area is 85.5 Å². The van der Waals surface area contributed by atoms with E-state index in [-0.39, 0.29) is 18.9 Å². The minimum Gasteiger partial charge on any atom is -0.731 e. The summed E-state index contributed by atoms with van der Waals surface area (Å²) in [7, 11) is -5.19. The Bertz CT molecular complexity index is 287. The van der Waals surface area contributed by atoms with Crippen LogP contribution in [0.4, 0.5) is 13.2 Å². The van der Waals surface area contributed by atoms with Crippen LogP contribution in [-0.4, -0.2) is 23.8 Å². The van der Waals surface area contributed by atoms with Crippen LogP contribution in [0.5, 0.6) is 0 Å². The molecule has 13 heavy (non-hydrogen) atoms. The molecule has 72 valence electrons. The summed E-state index contributed by atoms with van der Waals surface area (Å²) in [6, 6.07) is 0. The smallest absolute Gasteiger partial charge is 0.731 e. The van der Waals surface area contributed by atoms with E-state index in [4.69, 9.17) is 0 Å². The molecule has 0 N–H and O–H groups in total. The van der Waals surface area contributed by atoms with Crippen molar-refractivity contribution in [2.24, 2.45) is 0 Å². The molecule has 0 aromatic heterocycles. The molecule has 4 nitrogen and oxygen atoms in total. The number of hydrogen-bond donors (Lipinski definition) is 0. The topological polar surface area (TPSA) is 60.4 Å². The van der Waals surface area contributed by atoms with E-state index in [0.29, 0.717) is 0 Å². The first-order chi connectivity index (χ1) is 5.30. The van der Waals surface area contributed by atoms with Gasteiger partial charge in [0.05, 0.1) is 0 Å². The van der Waals surface area contributed by atoms with Gasteiger partial charge in [-0.25, -0.2) is 8.42 Å². The second-order valence-electron chi connectivity index (χ2n) is 1.67. The third kappa shape index (κ3) is 4.57. The number of rotatable bonds is 3. The fraction of sp³-hybridized carbons (Fsp3) is 0.500. The van der Waals surface area contributed by atoms with Crippen LogP contribution in [0.1, 0.15) is 6.92 Å². The van der Waals surface area contributed by atoms with E-state index in [1.165, 1.54) is 0 Å². The summed E-state index contributed by atoms with van der Waals surface area (Å²) in [6.45, 7) is 0.382. The van der Waals surface area contributed by atoms with E-state index < -0.39 is 33.2 Å². The van der Waals surface area contributed by atoms with Crippen LogP contribution in [0.3, 0.4) is 0 Å². The molecule has 0 bridgehead atoms. The first-order valence-electron chi connectivity index (χ1n) is 2.75. The van der Waals surface area contributed by atoms with Gasteiger partial charge in [0.25, 0.3) is 5.95 Å². The Kier molecular flexibility index (Phi) is 6.53. The third-order valence-electron chi connectivity index (χ3n) is 0.932. The quantitative estimate of drug-likeness (QED) is 0.302. The van der Waals surface area contributed by atoms with Crippen molar-refractivity contribution < 1.29 is 45.0 Å². The first-order valence-corrected chi connectivity index (χ1v) is 4.11. The maximum Gasteiger partial charge on any atom is 1.00 e. The van der Waals surface area contributed by atoms with Gasteiger partial charge in [0, 0.05) is 6.54 Å². The van der Waals surface area contributed by atoms with Gasteiger partial charge in [-0.1, -0.05) is 0 Å². The Morgan fingerprint density at radius 3 is 1.85 bits per heavy atom. The first kappa shape index (κ1) is 15.3. The molecule has 0 aliphatic heterocycles. The van der Waals surface area contributed by atoms with Crippen molar-refractivity contribution in [1.82, 2.24) is 4.31 Å². The number of hydrogen-bond acceptors (Lipinski definition) is 3. The number of halogens is 3. The molecular weight excluding hydrogens is 206 g/mol. The molecule has 0 fully saturated rings. The molecule has 9 heteroatoms. The predicted molar refractivity (Wildman–Crippen MR) is 32.4 cm³/mol. The molecule has 0 amide bonds. The van der Waals surface area contributed by atoms with Gasteiger partial charge in [-0.3, -0.25) is 4.31 Å².